The van der Waals surface area contributed by atoms with Crippen molar-refractivity contribution in [3.63, 3.8) is 0 Å². The molecule has 0 spiro atoms. The Kier molecular flexibility index (Phi) is 6.88. The summed E-state index contributed by atoms with van der Waals surface area (Å²) in [6.07, 6.45) is 2.42. The summed E-state index contributed by atoms with van der Waals surface area (Å²) in [5, 5.41) is 14.4. The number of hydrogen-bond acceptors (Lipinski definition) is 5. The smallest absolute Gasteiger partial charge is 0.252 e. The van der Waals surface area contributed by atoms with Crippen LogP contribution >= 0.6 is 0 Å². The number of aromatic amines is 1. The van der Waals surface area contributed by atoms with Crippen LogP contribution in [-0.4, -0.2) is 42.9 Å². The highest BCUT2D eigenvalue weighted by Gasteiger charge is 2.26. The molecule has 0 saturated carbocycles. The number of methoxy groups -OCH3 is 2. The molecule has 0 saturated heterocycles. The average Bonchev–Trinajstić information content (AvgIpc) is 3.42. The van der Waals surface area contributed by atoms with Gasteiger partial charge in [0.05, 0.1) is 26.9 Å². The summed E-state index contributed by atoms with van der Waals surface area (Å²) >= 11 is 0. The lowest BCUT2D eigenvalue weighted by Gasteiger charge is -2.25. The molecule has 6 rings (SSSR count). The maximum Gasteiger partial charge on any atom is 0.252 e. The predicted molar refractivity (Wildman–Crippen MR) is 155 cm³/mol. The van der Waals surface area contributed by atoms with Crippen molar-refractivity contribution < 1.29 is 24.1 Å². The SMILES string of the molecule is COc1cc2c(cc1OC)-c1cc(C(=O)N[C@@H](CO)Cc3c[nH]c4ccccc34)c(-c3ccccc3)cc1OC2. The molecule has 0 fully saturated rings. The van der Waals surface area contributed by atoms with Gasteiger partial charge in [0, 0.05) is 33.8 Å². The maximum atomic E-state index is 13.9. The first-order valence-electron chi connectivity index (χ1n) is 13.2. The van der Waals surface area contributed by atoms with Crippen LogP contribution < -0.4 is 19.5 Å². The van der Waals surface area contributed by atoms with Crippen molar-refractivity contribution >= 4 is 16.8 Å². The van der Waals surface area contributed by atoms with Crippen molar-refractivity contribution in [2.75, 3.05) is 20.8 Å². The van der Waals surface area contributed by atoms with Crippen LogP contribution in [0.5, 0.6) is 17.2 Å². The fourth-order valence-corrected chi connectivity index (χ4v) is 5.39. The zero-order valence-electron chi connectivity index (χ0n) is 22.4. The molecule has 2 heterocycles. The molecule has 0 radical (unpaired) electrons. The van der Waals surface area contributed by atoms with E-state index in [2.05, 4.69) is 10.3 Å². The Labute approximate surface area is 232 Å². The van der Waals surface area contributed by atoms with Crippen LogP contribution in [0.4, 0.5) is 0 Å². The van der Waals surface area contributed by atoms with E-state index in [0.717, 1.165) is 44.3 Å². The normalized spacial score (nSPS) is 12.7. The molecule has 5 aromatic rings. The minimum atomic E-state index is -0.473. The molecular weight excluding hydrogens is 504 g/mol. The van der Waals surface area contributed by atoms with Gasteiger partial charge in [-0.25, -0.2) is 0 Å². The predicted octanol–water partition coefficient (Wildman–Crippen LogP) is 5.74. The molecule has 0 unspecified atom stereocenters. The van der Waals surface area contributed by atoms with Gasteiger partial charge in [-0.15, -0.1) is 0 Å². The van der Waals surface area contributed by atoms with Gasteiger partial charge < -0.3 is 29.6 Å². The Bertz CT molecular complexity index is 1690. The van der Waals surface area contributed by atoms with Crippen LogP contribution in [0.3, 0.4) is 0 Å². The number of para-hydroxylation sites is 1. The summed E-state index contributed by atoms with van der Waals surface area (Å²) in [5.41, 5.74) is 6.86. The summed E-state index contributed by atoms with van der Waals surface area (Å²) in [5.74, 6) is 1.64. The molecule has 1 atom stereocenters. The Balaban J connectivity index is 1.40. The molecular formula is C33H30N2O5. The number of hydrogen-bond donors (Lipinski definition) is 3. The molecule has 0 aliphatic carbocycles. The van der Waals surface area contributed by atoms with Crippen LogP contribution in [0.1, 0.15) is 21.5 Å². The summed E-state index contributed by atoms with van der Waals surface area (Å²) in [6, 6.07) is 24.9. The molecule has 7 nitrogen and oxygen atoms in total. The molecule has 0 bridgehead atoms. The lowest BCUT2D eigenvalue weighted by Crippen LogP contribution is -2.39. The van der Waals surface area contributed by atoms with Gasteiger partial charge in [0.2, 0.25) is 0 Å². The van der Waals surface area contributed by atoms with E-state index in [9.17, 15) is 9.90 Å². The van der Waals surface area contributed by atoms with E-state index in [1.54, 1.807) is 14.2 Å². The Morgan fingerprint density at radius 3 is 2.48 bits per heavy atom. The molecule has 202 valence electrons. The van der Waals surface area contributed by atoms with Gasteiger partial charge in [0.15, 0.2) is 11.5 Å². The largest absolute Gasteiger partial charge is 0.493 e. The number of amides is 1. The Morgan fingerprint density at radius 1 is 0.950 bits per heavy atom. The van der Waals surface area contributed by atoms with Crippen molar-refractivity contribution in [1.29, 1.82) is 0 Å². The number of carbonyl (C=O) groups excluding carboxylic acids is 1. The number of carbonyl (C=O) groups is 1. The highest BCUT2D eigenvalue weighted by Crippen LogP contribution is 2.45. The number of aliphatic hydroxyl groups is 1. The zero-order chi connectivity index (χ0) is 27.6. The van der Waals surface area contributed by atoms with Gasteiger partial charge in [-0.2, -0.15) is 0 Å². The van der Waals surface area contributed by atoms with E-state index in [1.807, 2.05) is 85.1 Å². The molecule has 7 heteroatoms. The Hall–Kier alpha value is -4.75. The standard InChI is InChI=1S/C33H30N2O5/c1-38-31-13-22-19-40-30-15-25(20-8-4-3-5-9-20)28(14-27(30)26(22)16-32(31)39-2)33(37)35-23(18-36)12-21-17-34-29-11-7-6-10-24(21)29/h3-11,13-17,23,34,36H,12,18-19H2,1-2H3,(H,35,37)/t23-/m1/s1. The first-order chi connectivity index (χ1) is 19.6. The highest BCUT2D eigenvalue weighted by atomic mass is 16.5. The van der Waals surface area contributed by atoms with Crippen molar-refractivity contribution in [2.45, 2.75) is 19.1 Å². The summed E-state index contributed by atoms with van der Waals surface area (Å²) in [4.78, 5) is 17.2. The van der Waals surface area contributed by atoms with Gasteiger partial charge in [-0.3, -0.25) is 4.79 Å². The van der Waals surface area contributed by atoms with Crippen molar-refractivity contribution in [3.8, 4) is 39.5 Å². The number of nitrogens with one attached hydrogen (secondary N) is 2. The summed E-state index contributed by atoms with van der Waals surface area (Å²) < 4.78 is 17.2. The number of rotatable bonds is 8. The number of aliphatic hydroxyl groups excluding tert-OH is 1. The third-order valence-corrected chi connectivity index (χ3v) is 7.43. The number of benzene rings is 4. The fraction of sp³-hybridized carbons (Fsp3) is 0.182. The van der Waals surface area contributed by atoms with E-state index in [-0.39, 0.29) is 12.5 Å². The van der Waals surface area contributed by atoms with Crippen LogP contribution in [0, 0.1) is 0 Å². The van der Waals surface area contributed by atoms with Crippen LogP contribution in [0.2, 0.25) is 0 Å². The quantitative estimate of drug-likeness (QED) is 0.236. The first-order valence-corrected chi connectivity index (χ1v) is 13.2. The second kappa shape index (κ2) is 10.8. The van der Waals surface area contributed by atoms with E-state index < -0.39 is 6.04 Å². The first kappa shape index (κ1) is 25.5. The molecule has 3 N–H and O–H groups in total. The number of fused-ring (bicyclic) bond motifs is 4. The van der Waals surface area contributed by atoms with Gasteiger partial charge in [0.1, 0.15) is 12.4 Å². The third kappa shape index (κ3) is 4.65. The second-order valence-electron chi connectivity index (χ2n) is 9.83. The minimum absolute atomic E-state index is 0.195. The molecule has 4 aromatic carbocycles. The number of aromatic nitrogens is 1. The fourth-order valence-electron chi connectivity index (χ4n) is 5.39. The van der Waals surface area contributed by atoms with Crippen molar-refractivity contribution in [1.82, 2.24) is 10.3 Å². The molecule has 1 aromatic heterocycles. The van der Waals surface area contributed by atoms with Gasteiger partial charge >= 0.3 is 0 Å². The van der Waals surface area contributed by atoms with Gasteiger partial charge in [-0.05, 0) is 59.0 Å². The molecule has 1 aliphatic heterocycles. The number of H-pyrrole nitrogens is 1. The van der Waals surface area contributed by atoms with Crippen LogP contribution in [0.25, 0.3) is 33.2 Å². The molecule has 1 aliphatic rings. The highest BCUT2D eigenvalue weighted by molar-refractivity contribution is 6.03. The molecule has 40 heavy (non-hydrogen) atoms. The second-order valence-corrected chi connectivity index (χ2v) is 9.83. The minimum Gasteiger partial charge on any atom is -0.493 e. The van der Waals surface area contributed by atoms with Crippen LogP contribution in [0.15, 0.2) is 85.1 Å². The summed E-state index contributed by atoms with van der Waals surface area (Å²) in [7, 11) is 3.20. The van der Waals surface area contributed by atoms with E-state index in [1.165, 1.54) is 0 Å². The molecule has 1 amide bonds. The third-order valence-electron chi connectivity index (χ3n) is 7.43. The van der Waals surface area contributed by atoms with Crippen molar-refractivity contribution in [2.24, 2.45) is 0 Å². The topological polar surface area (TPSA) is 92.8 Å². The zero-order valence-corrected chi connectivity index (χ0v) is 22.4. The monoisotopic (exact) mass is 534 g/mol. The Morgan fingerprint density at radius 2 is 1.70 bits per heavy atom. The van der Waals surface area contributed by atoms with E-state index in [4.69, 9.17) is 14.2 Å². The lowest BCUT2D eigenvalue weighted by atomic mass is 9.90. The van der Waals surface area contributed by atoms with Crippen LogP contribution in [-0.2, 0) is 13.0 Å². The maximum absolute atomic E-state index is 13.9. The summed E-state index contributed by atoms with van der Waals surface area (Å²) in [6.45, 7) is 0.180. The average molecular weight is 535 g/mol. The van der Waals surface area contributed by atoms with Gasteiger partial charge in [0.25, 0.3) is 5.91 Å². The van der Waals surface area contributed by atoms with E-state index in [0.29, 0.717) is 35.8 Å². The van der Waals surface area contributed by atoms with Crippen molar-refractivity contribution in [3.05, 3.63) is 102 Å². The van der Waals surface area contributed by atoms with E-state index >= 15 is 0 Å². The van der Waals surface area contributed by atoms with Gasteiger partial charge in [-0.1, -0.05) is 48.5 Å². The number of ether oxygens (including phenoxy) is 3. The lowest BCUT2D eigenvalue weighted by molar-refractivity contribution is 0.0917.